The second-order valence-electron chi connectivity index (χ2n) is 10.8. The summed E-state index contributed by atoms with van der Waals surface area (Å²) in [5.41, 5.74) is 3.80. The van der Waals surface area contributed by atoms with Crippen LogP contribution in [0.3, 0.4) is 0 Å². The summed E-state index contributed by atoms with van der Waals surface area (Å²) in [7, 11) is 0. The smallest absolute Gasteiger partial charge is 0.307 e. The van der Waals surface area contributed by atoms with Gasteiger partial charge in [-0.2, -0.15) is 0 Å². The van der Waals surface area contributed by atoms with Gasteiger partial charge in [0.25, 0.3) is 5.91 Å². The molecule has 6 rings (SSSR count). The normalized spacial score (nSPS) is 24.4. The fourth-order valence-electron chi connectivity index (χ4n) is 5.98. The SMILES string of the molecule is C[C@@H]1CCCCCN1C(=O)c1cc(C2CCC2)n2cc(-c3cccc(C4C[C@@H]4C(=O)O)c3F)cc2n1. The zero-order valence-electron chi connectivity index (χ0n) is 20.6. The lowest BCUT2D eigenvalue weighted by atomic mass is 9.82. The lowest BCUT2D eigenvalue weighted by Gasteiger charge is -2.29. The monoisotopic (exact) mass is 489 g/mol. The average Bonchev–Trinajstić information content (AvgIpc) is 3.55. The fourth-order valence-corrected chi connectivity index (χ4v) is 5.98. The number of likely N-dealkylation sites (tertiary alicyclic amines) is 1. The van der Waals surface area contributed by atoms with E-state index >= 15 is 4.39 Å². The quantitative estimate of drug-likeness (QED) is 0.477. The Labute approximate surface area is 210 Å². The van der Waals surface area contributed by atoms with Crippen molar-refractivity contribution in [2.45, 2.75) is 76.2 Å². The number of fused-ring (bicyclic) bond motifs is 1. The van der Waals surface area contributed by atoms with E-state index in [1.54, 1.807) is 18.2 Å². The third-order valence-electron chi connectivity index (χ3n) is 8.50. The van der Waals surface area contributed by atoms with Crippen molar-refractivity contribution < 1.29 is 19.1 Å². The van der Waals surface area contributed by atoms with Crippen molar-refractivity contribution in [2.75, 3.05) is 6.54 Å². The molecule has 1 aromatic carbocycles. The molecule has 3 atom stereocenters. The predicted octanol–water partition coefficient (Wildman–Crippen LogP) is 6.00. The highest BCUT2D eigenvalue weighted by Crippen LogP contribution is 2.49. The highest BCUT2D eigenvalue weighted by atomic mass is 19.1. The molecule has 2 aromatic heterocycles. The number of hydrogen-bond acceptors (Lipinski definition) is 3. The molecule has 6 nitrogen and oxygen atoms in total. The molecule has 1 unspecified atom stereocenters. The molecule has 2 saturated carbocycles. The van der Waals surface area contributed by atoms with Gasteiger partial charge in [0, 0.05) is 41.5 Å². The highest BCUT2D eigenvalue weighted by molar-refractivity contribution is 5.93. The maximum Gasteiger partial charge on any atom is 0.307 e. The summed E-state index contributed by atoms with van der Waals surface area (Å²) in [6.07, 6.45) is 10.0. The van der Waals surface area contributed by atoms with Gasteiger partial charge in [-0.15, -0.1) is 0 Å². The number of aliphatic carboxylic acids is 1. The van der Waals surface area contributed by atoms with Crippen molar-refractivity contribution >= 4 is 17.5 Å². The molecule has 3 fully saturated rings. The average molecular weight is 490 g/mol. The number of hydrogen-bond donors (Lipinski definition) is 1. The molecule has 0 spiro atoms. The van der Waals surface area contributed by atoms with Crippen molar-refractivity contribution in [3.05, 3.63) is 59.3 Å². The van der Waals surface area contributed by atoms with Crippen LogP contribution in [0.15, 0.2) is 36.5 Å². The van der Waals surface area contributed by atoms with Gasteiger partial charge < -0.3 is 14.4 Å². The van der Waals surface area contributed by atoms with Crippen molar-refractivity contribution in [1.29, 1.82) is 0 Å². The Morgan fingerprint density at radius 1 is 1.08 bits per heavy atom. The van der Waals surface area contributed by atoms with E-state index in [0.29, 0.717) is 40.4 Å². The van der Waals surface area contributed by atoms with E-state index in [2.05, 4.69) is 6.92 Å². The molecule has 0 radical (unpaired) electrons. The van der Waals surface area contributed by atoms with Gasteiger partial charge in [0.1, 0.15) is 17.2 Å². The number of rotatable bonds is 5. The van der Waals surface area contributed by atoms with Crippen LogP contribution >= 0.6 is 0 Å². The van der Waals surface area contributed by atoms with Gasteiger partial charge in [-0.3, -0.25) is 9.59 Å². The summed E-state index contributed by atoms with van der Waals surface area (Å²) < 4.78 is 17.6. The minimum absolute atomic E-state index is 0.0168. The maximum absolute atomic E-state index is 15.6. The molecule has 188 valence electrons. The summed E-state index contributed by atoms with van der Waals surface area (Å²) in [6.45, 7) is 2.88. The van der Waals surface area contributed by atoms with Gasteiger partial charge in [0.15, 0.2) is 0 Å². The lowest BCUT2D eigenvalue weighted by Crippen LogP contribution is -2.38. The Hall–Kier alpha value is -3.22. The van der Waals surface area contributed by atoms with Crippen LogP contribution in [0.5, 0.6) is 0 Å². The molecular formula is C29H32FN3O3. The van der Waals surface area contributed by atoms with Crippen molar-refractivity contribution in [1.82, 2.24) is 14.3 Å². The second kappa shape index (κ2) is 9.02. The predicted molar refractivity (Wildman–Crippen MR) is 135 cm³/mol. The fraction of sp³-hybridized carbons (Fsp3) is 0.483. The van der Waals surface area contributed by atoms with E-state index in [-0.39, 0.29) is 23.7 Å². The Kier molecular flexibility index (Phi) is 5.81. The van der Waals surface area contributed by atoms with Crippen molar-refractivity contribution in [3.8, 4) is 11.1 Å². The molecule has 1 amide bonds. The molecular weight excluding hydrogens is 457 g/mol. The van der Waals surface area contributed by atoms with Gasteiger partial charge in [-0.25, -0.2) is 9.37 Å². The zero-order valence-corrected chi connectivity index (χ0v) is 20.6. The minimum Gasteiger partial charge on any atom is -0.481 e. The maximum atomic E-state index is 15.6. The first kappa shape index (κ1) is 23.2. The largest absolute Gasteiger partial charge is 0.481 e. The highest BCUT2D eigenvalue weighted by Gasteiger charge is 2.45. The number of carbonyl (C=O) groups excluding carboxylic acids is 1. The van der Waals surface area contributed by atoms with Gasteiger partial charge in [-0.05, 0) is 62.6 Å². The van der Waals surface area contributed by atoms with Crippen LogP contribution in [0.4, 0.5) is 4.39 Å². The number of carboxylic acid groups (broad SMARTS) is 1. The summed E-state index contributed by atoms with van der Waals surface area (Å²) in [6, 6.07) is 9.23. The Balaban J connectivity index is 1.40. The number of carboxylic acids is 1. The number of amides is 1. The molecule has 3 aromatic rings. The van der Waals surface area contributed by atoms with Crippen LogP contribution in [0, 0.1) is 11.7 Å². The molecule has 7 heteroatoms. The molecule has 36 heavy (non-hydrogen) atoms. The zero-order chi connectivity index (χ0) is 25.0. The Bertz CT molecular complexity index is 1350. The Morgan fingerprint density at radius 3 is 2.64 bits per heavy atom. The van der Waals surface area contributed by atoms with Crippen LogP contribution in [0.1, 0.15) is 91.9 Å². The number of halogens is 1. The molecule has 3 aliphatic rings. The van der Waals surface area contributed by atoms with Gasteiger partial charge in [-0.1, -0.05) is 37.5 Å². The van der Waals surface area contributed by atoms with E-state index in [0.717, 1.165) is 57.2 Å². The van der Waals surface area contributed by atoms with Crippen molar-refractivity contribution in [2.24, 2.45) is 5.92 Å². The number of benzene rings is 1. The van der Waals surface area contributed by atoms with E-state index in [1.807, 2.05) is 27.6 Å². The minimum atomic E-state index is -0.871. The first-order valence-electron chi connectivity index (χ1n) is 13.3. The first-order chi connectivity index (χ1) is 17.4. The topological polar surface area (TPSA) is 74.9 Å². The third-order valence-corrected chi connectivity index (χ3v) is 8.50. The van der Waals surface area contributed by atoms with Crippen LogP contribution in [-0.2, 0) is 4.79 Å². The second-order valence-corrected chi connectivity index (χ2v) is 10.8. The Morgan fingerprint density at radius 2 is 1.92 bits per heavy atom. The third kappa shape index (κ3) is 3.98. The molecule has 0 bridgehead atoms. The molecule has 1 aliphatic heterocycles. The van der Waals surface area contributed by atoms with E-state index in [4.69, 9.17) is 4.98 Å². The summed E-state index contributed by atoms with van der Waals surface area (Å²) in [4.78, 5) is 31.7. The van der Waals surface area contributed by atoms with E-state index in [1.165, 1.54) is 0 Å². The first-order valence-corrected chi connectivity index (χ1v) is 13.3. The van der Waals surface area contributed by atoms with Crippen LogP contribution < -0.4 is 0 Å². The number of carbonyl (C=O) groups is 2. The van der Waals surface area contributed by atoms with Crippen molar-refractivity contribution in [3.63, 3.8) is 0 Å². The lowest BCUT2D eigenvalue weighted by molar-refractivity contribution is -0.138. The van der Waals surface area contributed by atoms with Crippen LogP contribution in [0.25, 0.3) is 16.8 Å². The van der Waals surface area contributed by atoms with Crippen LogP contribution in [-0.4, -0.2) is 43.9 Å². The molecule has 1 N–H and O–H groups in total. The molecule has 1 saturated heterocycles. The van der Waals surface area contributed by atoms with Crippen LogP contribution in [0.2, 0.25) is 0 Å². The number of nitrogens with zero attached hydrogens (tertiary/aromatic N) is 3. The van der Waals surface area contributed by atoms with E-state index < -0.39 is 11.9 Å². The summed E-state index contributed by atoms with van der Waals surface area (Å²) in [5, 5.41) is 9.30. The van der Waals surface area contributed by atoms with Gasteiger partial charge in [0.05, 0.1) is 5.92 Å². The molecule has 2 aliphatic carbocycles. The summed E-state index contributed by atoms with van der Waals surface area (Å²) >= 11 is 0. The van der Waals surface area contributed by atoms with Gasteiger partial charge >= 0.3 is 5.97 Å². The van der Waals surface area contributed by atoms with Gasteiger partial charge in [0.2, 0.25) is 0 Å². The van der Waals surface area contributed by atoms with E-state index in [9.17, 15) is 14.7 Å². The standard InChI is InChI=1S/C29H32FN3O3/c1-17-7-3-2-4-12-32(17)28(34)24-15-25(18-8-5-9-18)33-16-19(13-26(33)31-24)20-10-6-11-21(27(20)30)22-14-23(22)29(35)36/h6,10-11,13,15-18,22-23H,2-5,7-9,12,14H2,1H3,(H,35,36)/t17-,22?,23+/m1/s1. The summed E-state index contributed by atoms with van der Waals surface area (Å²) in [5.74, 6) is -1.67. The molecule has 3 heterocycles. The number of aromatic nitrogens is 2.